The van der Waals surface area contributed by atoms with Crippen LogP contribution in [0.4, 0.5) is 0 Å². The predicted molar refractivity (Wildman–Crippen MR) is 90.6 cm³/mol. The molecule has 0 saturated heterocycles. The summed E-state index contributed by atoms with van der Waals surface area (Å²) in [6.07, 6.45) is 0.402. The fraction of sp³-hybridized carbons (Fsp3) is 0.615. The van der Waals surface area contributed by atoms with E-state index in [9.17, 15) is 19.2 Å². The molecule has 0 aliphatic heterocycles. The Morgan fingerprint density at radius 1 is 1.04 bits per heavy atom. The molecule has 13 heteroatoms. The fourth-order valence-electron chi connectivity index (χ4n) is 1.73. The number of amides is 3. The van der Waals surface area contributed by atoms with E-state index in [2.05, 4.69) is 20.9 Å². The number of nitrogens with one attached hydrogen (secondary N) is 3. The minimum atomic E-state index is -1.52. The average molecular weight is 375 g/mol. The van der Waals surface area contributed by atoms with Crippen molar-refractivity contribution in [2.75, 3.05) is 26.2 Å². The van der Waals surface area contributed by atoms with Gasteiger partial charge in [0, 0.05) is 6.54 Å². The maximum Gasteiger partial charge on any atom is 0.328 e. The van der Waals surface area contributed by atoms with Gasteiger partial charge in [-0.2, -0.15) is 0 Å². The zero-order valence-electron chi connectivity index (χ0n) is 14.1. The number of carboxylic acid groups (broad SMARTS) is 1. The second-order valence-corrected chi connectivity index (χ2v) is 5.13. The van der Waals surface area contributed by atoms with E-state index < -0.39 is 48.9 Å². The molecule has 13 nitrogen and oxygen atoms in total. The molecule has 3 amide bonds. The fourth-order valence-corrected chi connectivity index (χ4v) is 1.73. The molecule has 11 N–H and O–H groups in total. The molecule has 0 radical (unpaired) electrons. The lowest BCUT2D eigenvalue weighted by Crippen LogP contribution is -2.54. The third kappa shape index (κ3) is 10.0. The van der Waals surface area contributed by atoms with E-state index >= 15 is 0 Å². The first-order chi connectivity index (χ1) is 12.2. The summed E-state index contributed by atoms with van der Waals surface area (Å²) < 4.78 is 0. The lowest BCUT2D eigenvalue weighted by molar-refractivity contribution is -0.143. The van der Waals surface area contributed by atoms with Crippen molar-refractivity contribution in [1.82, 2.24) is 16.0 Å². The molecular weight excluding hydrogens is 350 g/mol. The molecule has 0 aliphatic rings. The van der Waals surface area contributed by atoms with Crippen LogP contribution < -0.4 is 33.2 Å². The predicted octanol–water partition coefficient (Wildman–Crippen LogP) is -4.84. The number of hydrogen-bond acceptors (Lipinski definition) is 7. The Morgan fingerprint density at radius 2 is 1.69 bits per heavy atom. The highest BCUT2D eigenvalue weighted by atomic mass is 16.4. The van der Waals surface area contributed by atoms with Crippen molar-refractivity contribution >= 4 is 29.7 Å². The maximum atomic E-state index is 12.2. The summed E-state index contributed by atoms with van der Waals surface area (Å²) in [6.45, 7) is -1.33. The van der Waals surface area contributed by atoms with Gasteiger partial charge in [0.1, 0.15) is 12.1 Å². The van der Waals surface area contributed by atoms with Crippen molar-refractivity contribution in [3.05, 3.63) is 0 Å². The number of carbonyl (C=O) groups excluding carboxylic acids is 3. The number of nitrogens with two attached hydrogens (primary N) is 3. The number of guanidine groups is 1. The first-order valence-electron chi connectivity index (χ1n) is 7.66. The summed E-state index contributed by atoms with van der Waals surface area (Å²) in [6, 6.07) is -2.63. The maximum absolute atomic E-state index is 12.2. The molecule has 26 heavy (non-hydrogen) atoms. The number of carbonyl (C=O) groups is 4. The first-order valence-corrected chi connectivity index (χ1v) is 7.66. The highest BCUT2D eigenvalue weighted by Crippen LogP contribution is 2.00. The van der Waals surface area contributed by atoms with Crippen molar-refractivity contribution in [1.29, 1.82) is 0 Å². The SMILES string of the molecule is NCC(=O)NCC(=O)NC(CCCN=C(N)N)C(=O)NC(CO)C(=O)O. The van der Waals surface area contributed by atoms with E-state index in [1.807, 2.05) is 0 Å². The summed E-state index contributed by atoms with van der Waals surface area (Å²) in [4.78, 5) is 49.7. The summed E-state index contributed by atoms with van der Waals surface area (Å²) >= 11 is 0. The third-order valence-electron chi connectivity index (χ3n) is 3.03. The number of rotatable bonds is 12. The Kier molecular flexibility index (Phi) is 11.0. The number of hydrogen-bond donors (Lipinski definition) is 8. The van der Waals surface area contributed by atoms with Crippen molar-refractivity contribution in [3.8, 4) is 0 Å². The van der Waals surface area contributed by atoms with E-state index in [4.69, 9.17) is 27.4 Å². The second-order valence-electron chi connectivity index (χ2n) is 5.13. The van der Waals surface area contributed by atoms with Crippen LogP contribution in [0.1, 0.15) is 12.8 Å². The number of aliphatic hydroxyl groups is 1. The van der Waals surface area contributed by atoms with Gasteiger partial charge in [-0.15, -0.1) is 0 Å². The van der Waals surface area contributed by atoms with Crippen LogP contribution in [0, 0.1) is 0 Å². The summed E-state index contributed by atoms with van der Waals surface area (Å²) in [5, 5.41) is 24.5. The Bertz CT molecular complexity index is 535. The molecular formula is C13H25N7O6. The Hall–Kier alpha value is -2.93. The van der Waals surface area contributed by atoms with Gasteiger partial charge in [0.15, 0.2) is 5.96 Å². The molecule has 0 aromatic carbocycles. The number of nitrogens with zero attached hydrogens (tertiary/aromatic N) is 1. The number of aliphatic hydroxyl groups excluding tert-OH is 1. The third-order valence-corrected chi connectivity index (χ3v) is 3.03. The van der Waals surface area contributed by atoms with Gasteiger partial charge in [0.2, 0.25) is 17.7 Å². The topological polar surface area (TPSA) is 235 Å². The van der Waals surface area contributed by atoms with Crippen LogP contribution in [-0.4, -0.2) is 78.2 Å². The van der Waals surface area contributed by atoms with Crippen LogP contribution >= 0.6 is 0 Å². The van der Waals surface area contributed by atoms with Gasteiger partial charge in [-0.25, -0.2) is 4.79 Å². The van der Waals surface area contributed by atoms with Crippen molar-refractivity contribution in [2.24, 2.45) is 22.2 Å². The van der Waals surface area contributed by atoms with Crippen LogP contribution in [0.15, 0.2) is 4.99 Å². The van der Waals surface area contributed by atoms with E-state index in [-0.39, 0.29) is 25.5 Å². The zero-order valence-corrected chi connectivity index (χ0v) is 14.1. The molecule has 0 aromatic rings. The van der Waals surface area contributed by atoms with Crippen molar-refractivity contribution in [2.45, 2.75) is 24.9 Å². The van der Waals surface area contributed by atoms with E-state index in [0.717, 1.165) is 0 Å². The van der Waals surface area contributed by atoms with Gasteiger partial charge in [-0.3, -0.25) is 19.4 Å². The lowest BCUT2D eigenvalue weighted by Gasteiger charge is -2.20. The summed E-state index contributed by atoms with van der Waals surface area (Å²) in [5.74, 6) is -3.60. The van der Waals surface area contributed by atoms with Crippen LogP contribution in [0.3, 0.4) is 0 Å². The van der Waals surface area contributed by atoms with Crippen molar-refractivity contribution in [3.63, 3.8) is 0 Å². The normalized spacial score (nSPS) is 12.4. The van der Waals surface area contributed by atoms with Gasteiger partial charge in [0.05, 0.1) is 19.7 Å². The number of aliphatic imine (C=N–C) groups is 1. The van der Waals surface area contributed by atoms with Crippen LogP contribution in [-0.2, 0) is 19.2 Å². The molecule has 0 rings (SSSR count). The van der Waals surface area contributed by atoms with E-state index in [1.54, 1.807) is 0 Å². The molecule has 0 aromatic heterocycles. The van der Waals surface area contributed by atoms with Crippen LogP contribution in [0.2, 0.25) is 0 Å². The summed E-state index contributed by atoms with van der Waals surface area (Å²) in [5.41, 5.74) is 15.5. The molecule has 0 fully saturated rings. The second kappa shape index (κ2) is 12.4. The van der Waals surface area contributed by atoms with Gasteiger partial charge in [0.25, 0.3) is 0 Å². The average Bonchev–Trinajstić information content (AvgIpc) is 2.59. The minimum Gasteiger partial charge on any atom is -0.480 e. The molecule has 148 valence electrons. The molecule has 0 spiro atoms. The van der Waals surface area contributed by atoms with Gasteiger partial charge >= 0.3 is 5.97 Å². The molecule has 2 unspecified atom stereocenters. The van der Waals surface area contributed by atoms with Gasteiger partial charge in [-0.05, 0) is 12.8 Å². The number of aliphatic carboxylic acids is 1. The first kappa shape index (κ1) is 23.1. The number of carboxylic acids is 1. The highest BCUT2D eigenvalue weighted by Gasteiger charge is 2.25. The standard InChI is InChI=1S/C13H25N7O6/c14-4-9(22)18-5-10(23)19-7(2-1-3-17-13(15)16)11(24)20-8(6-21)12(25)26/h7-8,21H,1-6,14H2,(H,18,22)(H,19,23)(H,20,24)(H,25,26)(H4,15,16,17). The minimum absolute atomic E-state index is 0.0942. The molecule has 0 saturated carbocycles. The molecule has 2 atom stereocenters. The molecule has 0 aliphatic carbocycles. The van der Waals surface area contributed by atoms with E-state index in [1.165, 1.54) is 0 Å². The lowest BCUT2D eigenvalue weighted by atomic mass is 10.1. The van der Waals surface area contributed by atoms with Gasteiger partial charge < -0.3 is 43.4 Å². The zero-order chi connectivity index (χ0) is 20.1. The largest absolute Gasteiger partial charge is 0.480 e. The van der Waals surface area contributed by atoms with Crippen LogP contribution in [0.25, 0.3) is 0 Å². The van der Waals surface area contributed by atoms with Gasteiger partial charge in [-0.1, -0.05) is 0 Å². The Balaban J connectivity index is 4.83. The van der Waals surface area contributed by atoms with Crippen LogP contribution in [0.5, 0.6) is 0 Å². The van der Waals surface area contributed by atoms with Crippen molar-refractivity contribution < 1.29 is 29.4 Å². The Labute approximate surface area is 149 Å². The van der Waals surface area contributed by atoms with E-state index in [0.29, 0.717) is 6.42 Å². The summed E-state index contributed by atoms with van der Waals surface area (Å²) in [7, 11) is 0. The smallest absolute Gasteiger partial charge is 0.328 e. The Morgan fingerprint density at radius 3 is 2.19 bits per heavy atom. The molecule has 0 bridgehead atoms. The molecule has 0 heterocycles. The highest BCUT2D eigenvalue weighted by molar-refractivity contribution is 5.92. The monoisotopic (exact) mass is 375 g/mol. The quantitative estimate of drug-likeness (QED) is 0.0925.